The molecular formula is C20H26N4O. The molecule has 0 spiro atoms. The van der Waals surface area contributed by atoms with Crippen LogP contribution in [0.25, 0.3) is 0 Å². The molecular weight excluding hydrogens is 312 g/mol. The molecule has 1 aliphatic heterocycles. The molecule has 0 N–H and O–H groups in total. The minimum Gasteiger partial charge on any atom is -0.373 e. The maximum Gasteiger partial charge on any atom is 0.272 e. The van der Waals surface area contributed by atoms with Gasteiger partial charge in [0.25, 0.3) is 5.91 Å². The Hall–Kier alpha value is -2.43. The minimum absolute atomic E-state index is 0.0533. The van der Waals surface area contributed by atoms with Crippen LogP contribution >= 0.6 is 0 Å². The van der Waals surface area contributed by atoms with Crippen LogP contribution < -0.4 is 4.90 Å². The lowest BCUT2D eigenvalue weighted by molar-refractivity contribution is 0.0677. The molecule has 0 aromatic carbocycles. The zero-order valence-electron chi connectivity index (χ0n) is 15.1. The molecule has 0 radical (unpaired) electrons. The predicted molar refractivity (Wildman–Crippen MR) is 99.7 cm³/mol. The lowest BCUT2D eigenvalue weighted by Crippen LogP contribution is -2.39. The second-order valence-corrected chi connectivity index (χ2v) is 6.93. The van der Waals surface area contributed by atoms with Crippen LogP contribution in [0.4, 0.5) is 5.69 Å². The Morgan fingerprint density at radius 1 is 1.28 bits per heavy atom. The number of likely N-dealkylation sites (N-methyl/N-ethyl adjacent to an activating group) is 1. The normalized spacial score (nSPS) is 17.4. The van der Waals surface area contributed by atoms with Gasteiger partial charge in [-0.25, -0.2) is 4.98 Å². The first kappa shape index (κ1) is 17.4. The number of anilines is 1. The maximum absolute atomic E-state index is 12.6. The Balaban J connectivity index is 1.58. The highest BCUT2D eigenvalue weighted by Crippen LogP contribution is 2.18. The fourth-order valence-electron chi connectivity index (χ4n) is 3.25. The lowest BCUT2D eigenvalue weighted by atomic mass is 10.00. The fraction of sp³-hybridized carbons (Fsp3) is 0.450. The molecule has 1 amide bonds. The summed E-state index contributed by atoms with van der Waals surface area (Å²) >= 11 is 0. The summed E-state index contributed by atoms with van der Waals surface area (Å²) in [6.07, 6.45) is 8.68. The van der Waals surface area contributed by atoms with Crippen molar-refractivity contribution in [3.8, 4) is 0 Å². The Kier molecular flexibility index (Phi) is 5.64. The zero-order chi connectivity index (χ0) is 17.6. The lowest BCUT2D eigenvalue weighted by Gasteiger charge is -2.30. The molecule has 2 aromatic heterocycles. The molecule has 132 valence electrons. The molecule has 0 aliphatic carbocycles. The van der Waals surface area contributed by atoms with Gasteiger partial charge in [-0.15, -0.1) is 0 Å². The van der Waals surface area contributed by atoms with E-state index in [0.717, 1.165) is 38.2 Å². The third-order valence-electron chi connectivity index (χ3n) is 4.84. The summed E-state index contributed by atoms with van der Waals surface area (Å²) in [6, 6.07) is 7.90. The van der Waals surface area contributed by atoms with Gasteiger partial charge >= 0.3 is 0 Å². The highest BCUT2D eigenvalue weighted by molar-refractivity contribution is 5.92. The van der Waals surface area contributed by atoms with E-state index in [1.54, 1.807) is 6.20 Å². The van der Waals surface area contributed by atoms with Crippen molar-refractivity contribution in [1.29, 1.82) is 0 Å². The number of rotatable bonds is 5. The molecule has 2 aromatic rings. The molecule has 3 heterocycles. The largest absolute Gasteiger partial charge is 0.373 e. The molecule has 5 nitrogen and oxygen atoms in total. The monoisotopic (exact) mass is 338 g/mol. The van der Waals surface area contributed by atoms with E-state index < -0.39 is 0 Å². The first-order valence-corrected chi connectivity index (χ1v) is 8.99. The Bertz CT molecular complexity index is 687. The van der Waals surface area contributed by atoms with Gasteiger partial charge in [-0.2, -0.15) is 0 Å². The predicted octanol–water partition coefficient (Wildman–Crippen LogP) is 3.03. The van der Waals surface area contributed by atoms with Crippen molar-refractivity contribution in [2.75, 3.05) is 31.6 Å². The molecule has 1 saturated heterocycles. The van der Waals surface area contributed by atoms with Crippen molar-refractivity contribution in [3.63, 3.8) is 0 Å². The van der Waals surface area contributed by atoms with E-state index in [1.807, 2.05) is 48.6 Å². The number of hydrogen-bond donors (Lipinski definition) is 0. The van der Waals surface area contributed by atoms with Gasteiger partial charge in [0.1, 0.15) is 5.69 Å². The first-order chi connectivity index (χ1) is 12.1. The van der Waals surface area contributed by atoms with E-state index in [2.05, 4.69) is 21.8 Å². The second-order valence-electron chi connectivity index (χ2n) is 6.93. The van der Waals surface area contributed by atoms with Crippen molar-refractivity contribution in [2.45, 2.75) is 26.2 Å². The highest BCUT2D eigenvalue weighted by atomic mass is 16.2. The van der Waals surface area contributed by atoms with E-state index in [9.17, 15) is 4.79 Å². The zero-order valence-corrected chi connectivity index (χ0v) is 15.1. The third-order valence-corrected chi connectivity index (χ3v) is 4.84. The van der Waals surface area contributed by atoms with Gasteiger partial charge in [0.05, 0.1) is 11.9 Å². The number of likely N-dealkylation sites (tertiary alicyclic amines) is 1. The highest BCUT2D eigenvalue weighted by Gasteiger charge is 2.22. The average Bonchev–Trinajstić information content (AvgIpc) is 2.66. The molecule has 1 fully saturated rings. The minimum atomic E-state index is 0.0533. The number of pyridine rings is 2. The molecule has 0 saturated carbocycles. The van der Waals surface area contributed by atoms with Crippen LogP contribution in [0.1, 0.15) is 35.8 Å². The van der Waals surface area contributed by atoms with Crippen molar-refractivity contribution in [3.05, 3.63) is 54.1 Å². The van der Waals surface area contributed by atoms with Crippen LogP contribution in [0, 0.1) is 5.92 Å². The Labute approximate surface area is 149 Å². The number of carbonyl (C=O) groups excluding carboxylic acids is 1. The van der Waals surface area contributed by atoms with Crippen LogP contribution in [-0.2, 0) is 6.42 Å². The number of piperidine rings is 1. The molecule has 3 rings (SSSR count). The molecule has 0 bridgehead atoms. The van der Waals surface area contributed by atoms with Crippen LogP contribution in [-0.4, -0.2) is 47.5 Å². The van der Waals surface area contributed by atoms with Crippen molar-refractivity contribution in [1.82, 2.24) is 14.9 Å². The number of nitrogens with zero attached hydrogens (tertiary/aromatic N) is 4. The van der Waals surface area contributed by atoms with E-state index in [4.69, 9.17) is 0 Å². The van der Waals surface area contributed by atoms with Gasteiger partial charge in [0.2, 0.25) is 0 Å². The van der Waals surface area contributed by atoms with Crippen LogP contribution in [0.15, 0.2) is 42.9 Å². The van der Waals surface area contributed by atoms with Crippen molar-refractivity contribution in [2.24, 2.45) is 5.92 Å². The molecule has 1 aliphatic rings. The average molecular weight is 338 g/mol. The van der Waals surface area contributed by atoms with Crippen LogP contribution in [0.2, 0.25) is 0 Å². The summed E-state index contributed by atoms with van der Waals surface area (Å²) in [7, 11) is 2.05. The van der Waals surface area contributed by atoms with Gasteiger partial charge in [0, 0.05) is 39.1 Å². The summed E-state index contributed by atoms with van der Waals surface area (Å²) in [5.41, 5.74) is 2.83. The number of carbonyl (C=O) groups is 1. The second kappa shape index (κ2) is 8.10. The summed E-state index contributed by atoms with van der Waals surface area (Å²) < 4.78 is 0. The SMILES string of the molecule is CC1CCCN(C(=O)c2ccc(N(C)CCc3ccncc3)cn2)C1. The molecule has 5 heteroatoms. The fourth-order valence-corrected chi connectivity index (χ4v) is 3.25. The molecule has 25 heavy (non-hydrogen) atoms. The molecule has 1 atom stereocenters. The van der Waals surface area contributed by atoms with Crippen LogP contribution in [0.3, 0.4) is 0 Å². The quantitative estimate of drug-likeness (QED) is 0.841. The number of amides is 1. The van der Waals surface area contributed by atoms with Gasteiger partial charge in [-0.05, 0) is 55.0 Å². The summed E-state index contributed by atoms with van der Waals surface area (Å²) in [4.78, 5) is 25.1. The maximum atomic E-state index is 12.6. The van der Waals surface area contributed by atoms with E-state index in [1.165, 1.54) is 12.0 Å². The Morgan fingerprint density at radius 3 is 2.76 bits per heavy atom. The van der Waals surface area contributed by atoms with Gasteiger partial charge in [-0.1, -0.05) is 6.92 Å². The summed E-state index contributed by atoms with van der Waals surface area (Å²) in [5.74, 6) is 0.633. The van der Waals surface area contributed by atoms with E-state index in [-0.39, 0.29) is 5.91 Å². The first-order valence-electron chi connectivity index (χ1n) is 8.99. The summed E-state index contributed by atoms with van der Waals surface area (Å²) in [6.45, 7) is 4.78. The molecule has 1 unspecified atom stereocenters. The Morgan fingerprint density at radius 2 is 2.08 bits per heavy atom. The van der Waals surface area contributed by atoms with Crippen molar-refractivity contribution >= 4 is 11.6 Å². The third kappa shape index (κ3) is 4.56. The standard InChI is InChI=1S/C20H26N4O/c1-16-4-3-12-24(15-16)20(25)19-6-5-18(14-22-19)23(2)13-9-17-7-10-21-11-8-17/h5-8,10-11,14,16H,3-4,9,12-13,15H2,1-2H3. The summed E-state index contributed by atoms with van der Waals surface area (Å²) in [5, 5.41) is 0. The van der Waals surface area contributed by atoms with Gasteiger partial charge in [0.15, 0.2) is 0 Å². The van der Waals surface area contributed by atoms with E-state index in [0.29, 0.717) is 11.6 Å². The number of hydrogen-bond acceptors (Lipinski definition) is 4. The van der Waals surface area contributed by atoms with Crippen LogP contribution in [0.5, 0.6) is 0 Å². The topological polar surface area (TPSA) is 49.3 Å². The van der Waals surface area contributed by atoms with E-state index >= 15 is 0 Å². The number of aromatic nitrogens is 2. The van der Waals surface area contributed by atoms with Gasteiger partial charge in [-0.3, -0.25) is 9.78 Å². The van der Waals surface area contributed by atoms with Crippen molar-refractivity contribution < 1.29 is 4.79 Å². The smallest absolute Gasteiger partial charge is 0.272 e. The van der Waals surface area contributed by atoms with Gasteiger partial charge < -0.3 is 9.80 Å².